The van der Waals surface area contributed by atoms with E-state index in [0.29, 0.717) is 6.10 Å². The molecule has 2 rings (SSSR count). The zero-order valence-electron chi connectivity index (χ0n) is 14.4. The van der Waals surface area contributed by atoms with Gasteiger partial charge in [0.25, 0.3) is 0 Å². The maximum Gasteiger partial charge on any atom is 0.0571 e. The van der Waals surface area contributed by atoms with E-state index in [0.717, 1.165) is 17.8 Å². The lowest BCUT2D eigenvalue weighted by atomic mass is 9.76. The Bertz CT molecular complexity index is 280. The van der Waals surface area contributed by atoms with Gasteiger partial charge in [0, 0.05) is 7.11 Å². The summed E-state index contributed by atoms with van der Waals surface area (Å²) >= 11 is 0. The van der Waals surface area contributed by atoms with Gasteiger partial charge in [-0.2, -0.15) is 0 Å². The third kappa shape index (κ3) is 6.14. The monoisotopic (exact) mass is 292 g/mol. The number of methoxy groups -OCH3 is 1. The molecule has 0 radical (unpaired) electrons. The van der Waals surface area contributed by atoms with Crippen LogP contribution in [0.4, 0.5) is 0 Å². The predicted octanol–water partition coefficient (Wildman–Crippen LogP) is 6.13. The van der Waals surface area contributed by atoms with Gasteiger partial charge in [0.05, 0.1) is 6.10 Å². The van der Waals surface area contributed by atoms with Crippen molar-refractivity contribution < 1.29 is 4.74 Å². The summed E-state index contributed by atoms with van der Waals surface area (Å²) < 4.78 is 5.48. The molecule has 0 bridgehead atoms. The van der Waals surface area contributed by atoms with Crippen molar-refractivity contribution in [3.05, 3.63) is 12.2 Å². The van der Waals surface area contributed by atoms with Crippen LogP contribution in [0, 0.1) is 17.8 Å². The lowest BCUT2D eigenvalue weighted by Gasteiger charge is -2.31. The van der Waals surface area contributed by atoms with Gasteiger partial charge in [-0.25, -0.2) is 0 Å². The molecule has 2 saturated carbocycles. The van der Waals surface area contributed by atoms with E-state index >= 15 is 0 Å². The van der Waals surface area contributed by atoms with E-state index in [1.54, 1.807) is 0 Å². The van der Waals surface area contributed by atoms with E-state index in [-0.39, 0.29) is 0 Å². The Kier molecular flexibility index (Phi) is 7.85. The molecule has 2 aliphatic carbocycles. The van der Waals surface area contributed by atoms with Crippen LogP contribution in [0.15, 0.2) is 12.2 Å². The molecule has 1 heteroatoms. The Morgan fingerprint density at radius 2 is 1.24 bits per heavy atom. The van der Waals surface area contributed by atoms with Gasteiger partial charge in [-0.3, -0.25) is 0 Å². The molecule has 2 aliphatic rings. The SMILES string of the molecule is C/C=C/CC[C@H]1CC[C@H](CC[C@H]2CC[C@H](OC)CC2)CC1. The minimum atomic E-state index is 0.564. The maximum atomic E-state index is 5.48. The Morgan fingerprint density at radius 1 is 0.762 bits per heavy atom. The summed E-state index contributed by atoms with van der Waals surface area (Å²) in [6.45, 7) is 2.14. The average Bonchev–Trinajstić information content (AvgIpc) is 2.55. The number of hydrogen-bond acceptors (Lipinski definition) is 1. The summed E-state index contributed by atoms with van der Waals surface area (Å²) in [7, 11) is 1.87. The molecule has 0 saturated heterocycles. The molecule has 0 aromatic rings. The zero-order valence-corrected chi connectivity index (χ0v) is 14.4. The van der Waals surface area contributed by atoms with Crippen molar-refractivity contribution in [2.75, 3.05) is 7.11 Å². The lowest BCUT2D eigenvalue weighted by molar-refractivity contribution is 0.0540. The van der Waals surface area contributed by atoms with E-state index < -0.39 is 0 Å². The Balaban J connectivity index is 1.55. The lowest BCUT2D eigenvalue weighted by Crippen LogP contribution is -2.21. The Hall–Kier alpha value is -0.300. The first kappa shape index (κ1) is 17.1. The van der Waals surface area contributed by atoms with Crippen molar-refractivity contribution in [2.45, 2.75) is 90.1 Å². The number of allylic oxidation sites excluding steroid dienone is 2. The second-order valence-corrected chi connectivity index (χ2v) is 7.49. The third-order valence-electron chi connectivity index (χ3n) is 6.05. The normalized spacial score (nSPS) is 34.4. The predicted molar refractivity (Wildman–Crippen MR) is 91.5 cm³/mol. The standard InChI is InChI=1S/C20H36O/c1-3-4-5-6-17-7-9-18(10-8-17)11-12-19-13-15-20(21-2)16-14-19/h3-4,17-20H,5-16H2,1-2H3/b4-3+/t17-,18-,19-,20-. The van der Waals surface area contributed by atoms with Crippen LogP contribution in [0.1, 0.15) is 84.0 Å². The van der Waals surface area contributed by atoms with Crippen LogP contribution >= 0.6 is 0 Å². The molecule has 0 spiro atoms. The molecule has 0 atom stereocenters. The van der Waals surface area contributed by atoms with Gasteiger partial charge < -0.3 is 4.74 Å². The molecule has 0 heterocycles. The van der Waals surface area contributed by atoms with Gasteiger partial charge in [0.1, 0.15) is 0 Å². The van der Waals surface area contributed by atoms with E-state index in [1.807, 2.05) is 7.11 Å². The summed E-state index contributed by atoms with van der Waals surface area (Å²) in [6, 6.07) is 0. The van der Waals surface area contributed by atoms with Crippen molar-refractivity contribution in [3.8, 4) is 0 Å². The van der Waals surface area contributed by atoms with Crippen molar-refractivity contribution in [1.29, 1.82) is 0 Å². The molecule has 0 N–H and O–H groups in total. The molecular weight excluding hydrogens is 256 g/mol. The second kappa shape index (κ2) is 9.66. The van der Waals surface area contributed by atoms with Gasteiger partial charge >= 0.3 is 0 Å². The fourth-order valence-corrected chi connectivity index (χ4v) is 4.44. The van der Waals surface area contributed by atoms with Gasteiger partial charge in [-0.05, 0) is 63.2 Å². The second-order valence-electron chi connectivity index (χ2n) is 7.49. The van der Waals surface area contributed by atoms with Gasteiger partial charge in [0.2, 0.25) is 0 Å². The zero-order chi connectivity index (χ0) is 14.9. The van der Waals surface area contributed by atoms with Crippen LogP contribution in [0.2, 0.25) is 0 Å². The maximum absolute atomic E-state index is 5.48. The fourth-order valence-electron chi connectivity index (χ4n) is 4.44. The quantitative estimate of drug-likeness (QED) is 0.512. The van der Waals surface area contributed by atoms with Crippen LogP contribution < -0.4 is 0 Å². The van der Waals surface area contributed by atoms with Crippen molar-refractivity contribution >= 4 is 0 Å². The van der Waals surface area contributed by atoms with Crippen LogP contribution in [0.3, 0.4) is 0 Å². The first-order chi connectivity index (χ1) is 10.3. The first-order valence-electron chi connectivity index (χ1n) is 9.45. The molecule has 1 nitrogen and oxygen atoms in total. The Morgan fingerprint density at radius 3 is 1.71 bits per heavy atom. The highest BCUT2D eigenvalue weighted by Gasteiger charge is 2.24. The van der Waals surface area contributed by atoms with Crippen molar-refractivity contribution in [2.24, 2.45) is 17.8 Å². The highest BCUT2D eigenvalue weighted by Crippen LogP contribution is 2.36. The summed E-state index contributed by atoms with van der Waals surface area (Å²) in [5, 5.41) is 0. The van der Waals surface area contributed by atoms with Crippen LogP contribution in [-0.4, -0.2) is 13.2 Å². The molecule has 0 aromatic carbocycles. The highest BCUT2D eigenvalue weighted by molar-refractivity contribution is 4.81. The number of hydrogen-bond donors (Lipinski definition) is 0. The number of rotatable bonds is 7. The van der Waals surface area contributed by atoms with E-state index in [2.05, 4.69) is 19.1 Å². The van der Waals surface area contributed by atoms with Gasteiger partial charge in [-0.1, -0.05) is 50.7 Å². The van der Waals surface area contributed by atoms with Crippen LogP contribution in [0.25, 0.3) is 0 Å². The average molecular weight is 293 g/mol. The molecule has 0 aromatic heterocycles. The molecule has 0 aliphatic heterocycles. The van der Waals surface area contributed by atoms with Crippen LogP contribution in [-0.2, 0) is 4.74 Å². The molecule has 0 amide bonds. The Labute approximate surface area is 132 Å². The van der Waals surface area contributed by atoms with E-state index in [9.17, 15) is 0 Å². The first-order valence-corrected chi connectivity index (χ1v) is 9.45. The fraction of sp³-hybridized carbons (Fsp3) is 0.900. The highest BCUT2D eigenvalue weighted by atomic mass is 16.5. The van der Waals surface area contributed by atoms with E-state index in [1.165, 1.54) is 77.0 Å². The third-order valence-corrected chi connectivity index (χ3v) is 6.05. The molecule has 2 fully saturated rings. The summed E-state index contributed by atoms with van der Waals surface area (Å²) in [6.07, 6.45) is 22.3. The summed E-state index contributed by atoms with van der Waals surface area (Å²) in [4.78, 5) is 0. The van der Waals surface area contributed by atoms with Crippen molar-refractivity contribution in [1.82, 2.24) is 0 Å². The summed E-state index contributed by atoms with van der Waals surface area (Å²) in [5.41, 5.74) is 0. The van der Waals surface area contributed by atoms with Crippen molar-refractivity contribution in [3.63, 3.8) is 0 Å². The smallest absolute Gasteiger partial charge is 0.0571 e. The molecule has 0 unspecified atom stereocenters. The minimum Gasteiger partial charge on any atom is -0.381 e. The van der Waals surface area contributed by atoms with E-state index in [4.69, 9.17) is 4.74 Å². The molecule has 122 valence electrons. The van der Waals surface area contributed by atoms with Gasteiger partial charge in [-0.15, -0.1) is 0 Å². The van der Waals surface area contributed by atoms with Gasteiger partial charge in [0.15, 0.2) is 0 Å². The minimum absolute atomic E-state index is 0.564. The molecule has 21 heavy (non-hydrogen) atoms. The summed E-state index contributed by atoms with van der Waals surface area (Å²) in [5.74, 6) is 3.07. The topological polar surface area (TPSA) is 9.23 Å². The largest absolute Gasteiger partial charge is 0.381 e. The molecular formula is C20H36O. The number of ether oxygens (including phenoxy) is 1. The van der Waals surface area contributed by atoms with Crippen LogP contribution in [0.5, 0.6) is 0 Å².